The minimum absolute atomic E-state index is 0.0335. The first-order valence-corrected chi connectivity index (χ1v) is 6.72. The first-order chi connectivity index (χ1) is 9.25. The summed E-state index contributed by atoms with van der Waals surface area (Å²) in [6.07, 6.45) is 5.04. The Morgan fingerprint density at radius 3 is 2.74 bits per heavy atom. The van der Waals surface area contributed by atoms with Crippen LogP contribution in [0.5, 0.6) is 0 Å². The Morgan fingerprint density at radius 2 is 2.05 bits per heavy atom. The number of carbonyl (C=O) groups excluding carboxylic acids is 1. The highest BCUT2D eigenvalue weighted by molar-refractivity contribution is 6.30. The van der Waals surface area contributed by atoms with Crippen molar-refractivity contribution in [2.24, 2.45) is 0 Å². The van der Waals surface area contributed by atoms with Crippen LogP contribution in [0.3, 0.4) is 0 Å². The second kappa shape index (κ2) is 5.10. The molecule has 1 atom stereocenters. The second-order valence-corrected chi connectivity index (χ2v) is 5.16. The zero-order chi connectivity index (χ0) is 13.2. The van der Waals surface area contributed by atoms with Gasteiger partial charge < -0.3 is 9.32 Å². The fourth-order valence-electron chi connectivity index (χ4n) is 2.59. The molecule has 0 aliphatic carbocycles. The van der Waals surface area contributed by atoms with Crippen LogP contribution < -0.4 is 0 Å². The number of amides is 1. The van der Waals surface area contributed by atoms with Crippen molar-refractivity contribution in [1.82, 2.24) is 4.90 Å². The number of carbonyl (C=O) groups is 1. The summed E-state index contributed by atoms with van der Waals surface area (Å²) in [5, 5.41) is 0.717. The van der Waals surface area contributed by atoms with Crippen LogP contribution in [-0.2, 0) is 0 Å². The van der Waals surface area contributed by atoms with E-state index in [0.29, 0.717) is 5.56 Å². The number of hydrogen-bond acceptors (Lipinski definition) is 2. The third kappa shape index (κ3) is 2.38. The number of nitrogens with zero attached hydrogens (tertiary/aromatic N) is 1. The third-order valence-corrected chi connectivity index (χ3v) is 3.79. The molecule has 3 rings (SSSR count). The molecular weight excluding hydrogens is 262 g/mol. The molecule has 1 aliphatic heterocycles. The molecule has 2 aromatic rings. The van der Waals surface area contributed by atoms with Gasteiger partial charge in [0, 0.05) is 11.6 Å². The summed E-state index contributed by atoms with van der Waals surface area (Å²) >= 11 is 5.91. The standard InChI is InChI=1S/C15H14ClNO2/c16-13-5-3-11(4-6-13)14-2-1-8-17(14)15(18)12-7-9-19-10-12/h3-7,9-10,14H,1-2,8H2/t14-/m0/s1. The van der Waals surface area contributed by atoms with E-state index < -0.39 is 0 Å². The molecule has 3 nitrogen and oxygen atoms in total. The molecule has 0 unspecified atom stereocenters. The largest absolute Gasteiger partial charge is 0.472 e. The normalized spacial score (nSPS) is 18.8. The molecule has 1 amide bonds. The average molecular weight is 276 g/mol. The van der Waals surface area contributed by atoms with Gasteiger partial charge in [-0.1, -0.05) is 23.7 Å². The van der Waals surface area contributed by atoms with Crippen molar-refractivity contribution in [3.05, 3.63) is 59.0 Å². The number of rotatable bonds is 2. The Balaban J connectivity index is 1.85. The summed E-state index contributed by atoms with van der Waals surface area (Å²) in [5.74, 6) is 0.0335. The van der Waals surface area contributed by atoms with Gasteiger partial charge in [0.05, 0.1) is 17.9 Å². The zero-order valence-electron chi connectivity index (χ0n) is 10.4. The predicted octanol–water partition coefficient (Wildman–Crippen LogP) is 3.91. The molecule has 0 N–H and O–H groups in total. The van der Waals surface area contributed by atoms with Crippen LogP contribution in [0.25, 0.3) is 0 Å². The van der Waals surface area contributed by atoms with Gasteiger partial charge in [-0.05, 0) is 36.6 Å². The molecule has 0 radical (unpaired) electrons. The Kier molecular flexibility index (Phi) is 3.30. The molecular formula is C15H14ClNO2. The molecule has 2 heterocycles. The lowest BCUT2D eigenvalue weighted by Crippen LogP contribution is -2.30. The van der Waals surface area contributed by atoms with E-state index >= 15 is 0 Å². The van der Waals surface area contributed by atoms with Gasteiger partial charge in [0.2, 0.25) is 0 Å². The maximum absolute atomic E-state index is 12.4. The van der Waals surface area contributed by atoms with Crippen LogP contribution in [-0.4, -0.2) is 17.4 Å². The Morgan fingerprint density at radius 1 is 1.26 bits per heavy atom. The van der Waals surface area contributed by atoms with E-state index in [1.807, 2.05) is 29.2 Å². The fourth-order valence-corrected chi connectivity index (χ4v) is 2.72. The third-order valence-electron chi connectivity index (χ3n) is 3.54. The van der Waals surface area contributed by atoms with Gasteiger partial charge in [0.1, 0.15) is 6.26 Å². The average Bonchev–Trinajstić information content (AvgIpc) is 3.10. The summed E-state index contributed by atoms with van der Waals surface area (Å²) in [4.78, 5) is 14.3. The van der Waals surface area contributed by atoms with Crippen LogP contribution in [0, 0.1) is 0 Å². The van der Waals surface area contributed by atoms with Gasteiger partial charge in [-0.3, -0.25) is 4.79 Å². The number of benzene rings is 1. The molecule has 0 bridgehead atoms. The fraction of sp³-hybridized carbons (Fsp3) is 0.267. The topological polar surface area (TPSA) is 33.5 Å². The van der Waals surface area contributed by atoms with Crippen molar-refractivity contribution in [2.75, 3.05) is 6.54 Å². The lowest BCUT2D eigenvalue weighted by molar-refractivity contribution is 0.0735. The minimum Gasteiger partial charge on any atom is -0.472 e. The zero-order valence-corrected chi connectivity index (χ0v) is 11.1. The SMILES string of the molecule is O=C(c1ccoc1)N1CCC[C@H]1c1ccc(Cl)cc1. The van der Waals surface area contributed by atoms with Gasteiger partial charge >= 0.3 is 0 Å². The van der Waals surface area contributed by atoms with E-state index in [1.54, 1.807) is 6.07 Å². The molecule has 1 saturated heterocycles. The van der Waals surface area contributed by atoms with Crippen LogP contribution in [0.2, 0.25) is 5.02 Å². The van der Waals surface area contributed by atoms with Crippen molar-refractivity contribution >= 4 is 17.5 Å². The van der Waals surface area contributed by atoms with E-state index in [0.717, 1.165) is 30.0 Å². The summed E-state index contributed by atoms with van der Waals surface area (Å²) in [6, 6.07) is 9.58. The lowest BCUT2D eigenvalue weighted by atomic mass is 10.0. The first-order valence-electron chi connectivity index (χ1n) is 6.34. The second-order valence-electron chi connectivity index (χ2n) is 4.72. The minimum atomic E-state index is 0.0335. The van der Waals surface area contributed by atoms with Crippen molar-refractivity contribution in [3.8, 4) is 0 Å². The molecule has 1 aromatic carbocycles. The summed E-state index contributed by atoms with van der Waals surface area (Å²) < 4.78 is 4.99. The van der Waals surface area contributed by atoms with Gasteiger partial charge in [-0.25, -0.2) is 0 Å². The highest BCUT2D eigenvalue weighted by atomic mass is 35.5. The number of halogens is 1. The van der Waals surface area contributed by atoms with E-state index in [-0.39, 0.29) is 11.9 Å². The number of furan rings is 1. The smallest absolute Gasteiger partial charge is 0.257 e. The number of likely N-dealkylation sites (tertiary alicyclic amines) is 1. The molecule has 1 aromatic heterocycles. The van der Waals surface area contributed by atoms with Crippen molar-refractivity contribution in [1.29, 1.82) is 0 Å². The molecule has 4 heteroatoms. The van der Waals surface area contributed by atoms with E-state index in [9.17, 15) is 4.79 Å². The monoisotopic (exact) mass is 275 g/mol. The Hall–Kier alpha value is -1.74. The maximum Gasteiger partial charge on any atom is 0.257 e. The van der Waals surface area contributed by atoms with Crippen LogP contribution >= 0.6 is 11.6 Å². The Bertz CT molecular complexity index is 562. The van der Waals surface area contributed by atoms with E-state index in [1.165, 1.54) is 12.5 Å². The van der Waals surface area contributed by atoms with Crippen molar-refractivity contribution in [3.63, 3.8) is 0 Å². The van der Waals surface area contributed by atoms with Gasteiger partial charge in [0.25, 0.3) is 5.91 Å². The molecule has 98 valence electrons. The van der Waals surface area contributed by atoms with Crippen LogP contribution in [0.4, 0.5) is 0 Å². The molecule has 1 aliphatic rings. The highest BCUT2D eigenvalue weighted by Crippen LogP contribution is 2.33. The van der Waals surface area contributed by atoms with Crippen LogP contribution in [0.1, 0.15) is 34.8 Å². The van der Waals surface area contributed by atoms with Gasteiger partial charge in [-0.15, -0.1) is 0 Å². The maximum atomic E-state index is 12.4. The molecule has 19 heavy (non-hydrogen) atoms. The predicted molar refractivity (Wildman–Crippen MR) is 73.2 cm³/mol. The van der Waals surface area contributed by atoms with E-state index in [4.69, 9.17) is 16.0 Å². The van der Waals surface area contributed by atoms with Gasteiger partial charge in [0.15, 0.2) is 0 Å². The van der Waals surface area contributed by atoms with E-state index in [2.05, 4.69) is 0 Å². The van der Waals surface area contributed by atoms with Crippen LogP contribution in [0.15, 0.2) is 47.3 Å². The quantitative estimate of drug-likeness (QED) is 0.832. The highest BCUT2D eigenvalue weighted by Gasteiger charge is 2.30. The van der Waals surface area contributed by atoms with Crippen molar-refractivity contribution < 1.29 is 9.21 Å². The summed E-state index contributed by atoms with van der Waals surface area (Å²) in [7, 11) is 0. The Labute approximate surface area is 116 Å². The molecule has 1 fully saturated rings. The molecule has 0 spiro atoms. The first kappa shape index (κ1) is 12.3. The van der Waals surface area contributed by atoms with Crippen molar-refractivity contribution in [2.45, 2.75) is 18.9 Å². The lowest BCUT2D eigenvalue weighted by Gasteiger charge is -2.24. The summed E-state index contributed by atoms with van der Waals surface area (Å²) in [6.45, 7) is 0.789. The summed E-state index contributed by atoms with van der Waals surface area (Å²) in [5.41, 5.74) is 1.75. The molecule has 0 saturated carbocycles. The van der Waals surface area contributed by atoms with Gasteiger partial charge in [-0.2, -0.15) is 0 Å². The number of hydrogen-bond donors (Lipinski definition) is 0.